The number of fused-ring (bicyclic) bond motifs is 1. The first-order chi connectivity index (χ1) is 16.6. The lowest BCUT2D eigenvalue weighted by Gasteiger charge is -2.29. The highest BCUT2D eigenvalue weighted by atomic mass is 32.1. The smallest absolute Gasteiger partial charge is 0.257 e. The fourth-order valence-electron chi connectivity index (χ4n) is 4.56. The molecule has 8 nitrogen and oxygen atoms in total. The summed E-state index contributed by atoms with van der Waals surface area (Å²) in [6.07, 6.45) is 1.39. The second-order valence-electron chi connectivity index (χ2n) is 8.62. The monoisotopic (exact) mass is 482 g/mol. The number of nitrogens with one attached hydrogen (secondary N) is 1. The SMILES string of the molecule is COc1ccc(N2CCOCC2)c2sc(NC(=O)c3ccc(CN4CC[C@H](OC)C4)cc3)nc12. The lowest BCUT2D eigenvalue weighted by atomic mass is 10.1. The Morgan fingerprint density at radius 1 is 1.15 bits per heavy atom. The molecule has 9 heteroatoms. The summed E-state index contributed by atoms with van der Waals surface area (Å²) in [4.78, 5) is 22.3. The summed E-state index contributed by atoms with van der Waals surface area (Å²) in [6, 6.07) is 11.8. The predicted molar refractivity (Wildman–Crippen MR) is 134 cm³/mol. The first-order valence-corrected chi connectivity index (χ1v) is 12.4. The Balaban J connectivity index is 1.30. The molecule has 3 heterocycles. The predicted octanol–water partition coefficient (Wildman–Crippen LogP) is 3.61. The van der Waals surface area contributed by atoms with Crippen LogP contribution in [-0.4, -0.2) is 75.5 Å². The van der Waals surface area contributed by atoms with Crippen LogP contribution in [0.5, 0.6) is 5.75 Å². The van der Waals surface area contributed by atoms with E-state index in [4.69, 9.17) is 19.2 Å². The van der Waals surface area contributed by atoms with Gasteiger partial charge >= 0.3 is 0 Å². The maximum Gasteiger partial charge on any atom is 0.257 e. The first kappa shape index (κ1) is 23.0. The number of thiazole rings is 1. The highest BCUT2D eigenvalue weighted by Crippen LogP contribution is 2.39. The lowest BCUT2D eigenvalue weighted by molar-refractivity contribution is 0.102. The van der Waals surface area contributed by atoms with Crippen LogP contribution in [0.3, 0.4) is 0 Å². The van der Waals surface area contributed by atoms with Gasteiger partial charge in [0.05, 0.1) is 36.8 Å². The molecule has 180 valence electrons. The quantitative estimate of drug-likeness (QED) is 0.551. The minimum absolute atomic E-state index is 0.168. The number of ether oxygens (including phenoxy) is 3. The van der Waals surface area contributed by atoms with Gasteiger partial charge in [0.2, 0.25) is 0 Å². The number of carbonyl (C=O) groups excluding carboxylic acids is 1. The van der Waals surface area contributed by atoms with Crippen molar-refractivity contribution in [2.45, 2.75) is 19.1 Å². The molecule has 34 heavy (non-hydrogen) atoms. The van der Waals surface area contributed by atoms with Crippen LogP contribution in [0, 0.1) is 0 Å². The van der Waals surface area contributed by atoms with Crippen molar-refractivity contribution in [2.24, 2.45) is 0 Å². The van der Waals surface area contributed by atoms with Crippen molar-refractivity contribution >= 4 is 38.3 Å². The number of methoxy groups -OCH3 is 2. The zero-order chi connectivity index (χ0) is 23.5. The maximum atomic E-state index is 12.9. The van der Waals surface area contributed by atoms with Crippen molar-refractivity contribution in [2.75, 3.05) is 63.8 Å². The molecule has 2 aromatic carbocycles. The van der Waals surface area contributed by atoms with Gasteiger partial charge in [-0.2, -0.15) is 0 Å². The molecule has 2 fully saturated rings. The number of morpholine rings is 1. The summed E-state index contributed by atoms with van der Waals surface area (Å²) in [5.41, 5.74) is 3.66. The van der Waals surface area contributed by atoms with Crippen LogP contribution in [0.15, 0.2) is 36.4 Å². The highest BCUT2D eigenvalue weighted by Gasteiger charge is 2.22. The van der Waals surface area contributed by atoms with Crippen molar-refractivity contribution in [3.05, 3.63) is 47.5 Å². The van der Waals surface area contributed by atoms with E-state index in [0.717, 1.165) is 55.0 Å². The van der Waals surface area contributed by atoms with Crippen LogP contribution in [0.25, 0.3) is 10.2 Å². The molecular weight excluding hydrogens is 452 g/mol. The molecule has 2 aliphatic rings. The van der Waals surface area contributed by atoms with Gasteiger partial charge in [0.1, 0.15) is 11.3 Å². The Labute approximate surface area is 203 Å². The standard InChI is InChI=1S/C25H30N4O4S/c1-31-19-9-10-28(16-19)15-17-3-5-18(6-4-17)24(30)27-25-26-22-21(32-2)8-7-20(23(22)34-25)29-11-13-33-14-12-29/h3-8,19H,9-16H2,1-2H3,(H,26,27,30)/t19-/m0/s1. The van der Waals surface area contributed by atoms with E-state index >= 15 is 0 Å². The molecule has 1 aromatic heterocycles. The molecule has 0 aliphatic carbocycles. The third kappa shape index (κ3) is 4.88. The third-order valence-corrected chi connectivity index (χ3v) is 7.46. The number of carbonyl (C=O) groups is 1. The molecule has 0 unspecified atom stereocenters. The normalized spacial score (nSPS) is 19.0. The number of anilines is 2. The van der Waals surface area contributed by atoms with E-state index in [0.29, 0.717) is 35.8 Å². The average molecular weight is 483 g/mol. The van der Waals surface area contributed by atoms with Crippen molar-refractivity contribution in [1.29, 1.82) is 0 Å². The molecule has 0 saturated carbocycles. The van der Waals surface area contributed by atoms with Gasteiger partial charge < -0.3 is 19.1 Å². The van der Waals surface area contributed by atoms with Crippen molar-refractivity contribution in [3.8, 4) is 5.75 Å². The Hall–Kier alpha value is -2.72. The van der Waals surface area contributed by atoms with Crippen LogP contribution in [0.1, 0.15) is 22.3 Å². The van der Waals surface area contributed by atoms with Crippen LogP contribution < -0.4 is 15.0 Å². The minimum Gasteiger partial charge on any atom is -0.494 e. The van der Waals surface area contributed by atoms with Crippen molar-refractivity contribution in [3.63, 3.8) is 0 Å². The third-order valence-electron chi connectivity index (χ3n) is 6.46. The van der Waals surface area contributed by atoms with Gasteiger partial charge in [0, 0.05) is 45.4 Å². The molecule has 1 N–H and O–H groups in total. The van der Waals surface area contributed by atoms with Gasteiger partial charge in [0.15, 0.2) is 5.13 Å². The second-order valence-corrected chi connectivity index (χ2v) is 9.61. The van der Waals surface area contributed by atoms with E-state index in [-0.39, 0.29) is 5.91 Å². The van der Waals surface area contributed by atoms with E-state index < -0.39 is 0 Å². The first-order valence-electron chi connectivity index (χ1n) is 11.6. The van der Waals surface area contributed by atoms with Gasteiger partial charge in [-0.05, 0) is 36.2 Å². The fourth-order valence-corrected chi connectivity index (χ4v) is 5.58. The van der Waals surface area contributed by atoms with Gasteiger partial charge in [0.25, 0.3) is 5.91 Å². The highest BCUT2D eigenvalue weighted by molar-refractivity contribution is 7.23. The number of hydrogen-bond acceptors (Lipinski definition) is 8. The molecule has 2 saturated heterocycles. The number of amides is 1. The lowest BCUT2D eigenvalue weighted by Crippen LogP contribution is -2.36. The number of likely N-dealkylation sites (tertiary alicyclic amines) is 1. The Kier molecular flexibility index (Phi) is 6.96. The Morgan fingerprint density at radius 2 is 1.94 bits per heavy atom. The van der Waals surface area contributed by atoms with E-state index in [1.54, 1.807) is 14.2 Å². The van der Waals surface area contributed by atoms with Gasteiger partial charge in [-0.15, -0.1) is 0 Å². The Bertz CT molecular complexity index is 1140. The molecule has 5 rings (SSSR count). The van der Waals surface area contributed by atoms with E-state index in [1.165, 1.54) is 16.9 Å². The molecule has 2 aliphatic heterocycles. The van der Waals surface area contributed by atoms with E-state index in [1.807, 2.05) is 30.3 Å². The number of nitrogens with zero attached hydrogens (tertiary/aromatic N) is 3. The topological polar surface area (TPSA) is 76.2 Å². The van der Waals surface area contributed by atoms with Crippen LogP contribution in [0.4, 0.5) is 10.8 Å². The molecule has 0 radical (unpaired) electrons. The average Bonchev–Trinajstić information content (AvgIpc) is 3.51. The zero-order valence-electron chi connectivity index (χ0n) is 19.6. The number of benzene rings is 2. The molecule has 0 bridgehead atoms. The van der Waals surface area contributed by atoms with Crippen LogP contribution in [0.2, 0.25) is 0 Å². The van der Waals surface area contributed by atoms with Crippen LogP contribution >= 0.6 is 11.3 Å². The number of aromatic nitrogens is 1. The summed E-state index contributed by atoms with van der Waals surface area (Å²) in [7, 11) is 3.41. The summed E-state index contributed by atoms with van der Waals surface area (Å²) in [5, 5.41) is 3.54. The number of hydrogen-bond donors (Lipinski definition) is 1. The summed E-state index contributed by atoms with van der Waals surface area (Å²) in [5.74, 6) is 0.531. The second kappa shape index (κ2) is 10.3. The summed E-state index contributed by atoms with van der Waals surface area (Å²) < 4.78 is 17.5. The summed E-state index contributed by atoms with van der Waals surface area (Å²) >= 11 is 1.47. The largest absolute Gasteiger partial charge is 0.494 e. The van der Waals surface area contributed by atoms with Gasteiger partial charge in [-0.25, -0.2) is 4.98 Å². The summed E-state index contributed by atoms with van der Waals surface area (Å²) in [6.45, 7) is 5.92. The van der Waals surface area contributed by atoms with E-state index in [9.17, 15) is 4.79 Å². The van der Waals surface area contributed by atoms with Crippen molar-refractivity contribution in [1.82, 2.24) is 9.88 Å². The molecule has 1 amide bonds. The van der Waals surface area contributed by atoms with Gasteiger partial charge in [-0.1, -0.05) is 23.5 Å². The zero-order valence-corrected chi connectivity index (χ0v) is 20.4. The fraction of sp³-hybridized carbons (Fsp3) is 0.440. The molecular formula is C25H30N4O4S. The molecule has 0 spiro atoms. The van der Waals surface area contributed by atoms with Crippen molar-refractivity contribution < 1.29 is 19.0 Å². The molecule has 1 atom stereocenters. The minimum atomic E-state index is -0.168. The molecule has 3 aromatic rings. The van der Waals surface area contributed by atoms with E-state index in [2.05, 4.69) is 21.2 Å². The van der Waals surface area contributed by atoms with Crippen LogP contribution in [-0.2, 0) is 16.0 Å². The number of rotatable bonds is 7. The maximum absolute atomic E-state index is 12.9. The Morgan fingerprint density at radius 3 is 2.65 bits per heavy atom. The van der Waals surface area contributed by atoms with Gasteiger partial charge in [-0.3, -0.25) is 15.0 Å².